The summed E-state index contributed by atoms with van der Waals surface area (Å²) < 4.78 is 0. The van der Waals surface area contributed by atoms with E-state index >= 15 is 0 Å². The highest BCUT2D eigenvalue weighted by Crippen LogP contribution is 2.35. The summed E-state index contributed by atoms with van der Waals surface area (Å²) in [5.41, 5.74) is 8.55. The maximum Gasteiger partial charge on any atom is 0.163 e. The summed E-state index contributed by atoms with van der Waals surface area (Å²) in [6.07, 6.45) is -0.327. The molecule has 1 saturated carbocycles. The van der Waals surface area contributed by atoms with Crippen LogP contribution in [-0.2, 0) is 4.84 Å². The predicted molar refractivity (Wildman–Crippen MR) is 75.2 cm³/mol. The zero-order valence-electron chi connectivity index (χ0n) is 10.8. The van der Waals surface area contributed by atoms with Crippen LogP contribution < -0.4 is 5.73 Å². The number of nitrogens with zero attached hydrogens (tertiary/aromatic N) is 2. The van der Waals surface area contributed by atoms with Gasteiger partial charge in [0.1, 0.15) is 5.71 Å². The topological polar surface area (TPSA) is 80.7 Å². The van der Waals surface area contributed by atoms with Gasteiger partial charge in [-0.1, -0.05) is 29.4 Å². The lowest BCUT2D eigenvalue weighted by atomic mass is 9.94. The summed E-state index contributed by atoms with van der Waals surface area (Å²) in [4.78, 5) is 9.99. The fourth-order valence-corrected chi connectivity index (χ4v) is 3.14. The van der Waals surface area contributed by atoms with Gasteiger partial charge in [-0.15, -0.1) is 0 Å². The van der Waals surface area contributed by atoms with Crippen LogP contribution in [0, 0.1) is 5.92 Å². The molecule has 2 heterocycles. The molecular weight excluding hydrogens is 254 g/mol. The molecule has 0 radical (unpaired) electrons. The molecule has 1 aliphatic heterocycles. The van der Waals surface area contributed by atoms with E-state index in [0.29, 0.717) is 6.42 Å². The molecule has 4 rings (SSSR count). The Morgan fingerprint density at radius 3 is 2.95 bits per heavy atom. The molecule has 20 heavy (non-hydrogen) atoms. The van der Waals surface area contributed by atoms with Crippen molar-refractivity contribution in [1.82, 2.24) is 4.98 Å². The standard InChI is InChI=1S/C15H15N3O2/c16-9-7-12(19)15-13(9)14(18-20-15)11-6-5-8-3-1-2-4-10(8)17-11/h1-6,9,12-13,15,19H,7,16H2. The molecule has 4 atom stereocenters. The van der Waals surface area contributed by atoms with Crippen molar-refractivity contribution in [1.29, 1.82) is 0 Å². The van der Waals surface area contributed by atoms with E-state index in [1.54, 1.807) is 0 Å². The molecule has 1 aromatic carbocycles. The summed E-state index contributed by atoms with van der Waals surface area (Å²) in [5.74, 6) is -0.0707. The van der Waals surface area contributed by atoms with E-state index in [0.717, 1.165) is 22.3 Å². The van der Waals surface area contributed by atoms with Crippen molar-refractivity contribution >= 4 is 16.6 Å². The third-order valence-corrected chi connectivity index (χ3v) is 4.16. The number of rotatable bonds is 1. The van der Waals surface area contributed by atoms with Crippen LogP contribution in [0.25, 0.3) is 10.9 Å². The van der Waals surface area contributed by atoms with Crippen molar-refractivity contribution in [3.05, 3.63) is 42.1 Å². The summed E-state index contributed by atoms with van der Waals surface area (Å²) in [5, 5.41) is 15.1. The van der Waals surface area contributed by atoms with Crippen molar-refractivity contribution in [2.75, 3.05) is 0 Å². The third kappa shape index (κ3) is 1.63. The summed E-state index contributed by atoms with van der Waals surface area (Å²) >= 11 is 0. The highest BCUT2D eigenvalue weighted by molar-refractivity contribution is 6.03. The Morgan fingerprint density at radius 2 is 2.05 bits per heavy atom. The average Bonchev–Trinajstić information content (AvgIpc) is 3.01. The molecule has 2 aliphatic rings. The molecule has 0 bridgehead atoms. The first kappa shape index (κ1) is 11.8. The molecule has 102 valence electrons. The number of oxime groups is 1. The van der Waals surface area contributed by atoms with E-state index in [4.69, 9.17) is 10.6 Å². The van der Waals surface area contributed by atoms with Gasteiger partial charge >= 0.3 is 0 Å². The van der Waals surface area contributed by atoms with Gasteiger partial charge in [0.2, 0.25) is 0 Å². The number of hydrogen-bond acceptors (Lipinski definition) is 5. The number of fused-ring (bicyclic) bond motifs is 2. The maximum atomic E-state index is 9.91. The summed E-state index contributed by atoms with van der Waals surface area (Å²) in [6, 6.07) is 11.8. The van der Waals surface area contributed by atoms with Crippen molar-refractivity contribution in [2.45, 2.75) is 24.7 Å². The van der Waals surface area contributed by atoms with Crippen LogP contribution in [0.4, 0.5) is 0 Å². The Balaban J connectivity index is 1.76. The van der Waals surface area contributed by atoms with Gasteiger partial charge in [-0.05, 0) is 18.6 Å². The molecule has 1 aromatic heterocycles. The molecule has 0 spiro atoms. The molecule has 5 heteroatoms. The van der Waals surface area contributed by atoms with Gasteiger partial charge in [0.25, 0.3) is 0 Å². The molecule has 0 saturated heterocycles. The fourth-order valence-electron chi connectivity index (χ4n) is 3.14. The number of para-hydroxylation sites is 1. The van der Waals surface area contributed by atoms with E-state index in [1.165, 1.54) is 0 Å². The van der Waals surface area contributed by atoms with Crippen molar-refractivity contribution < 1.29 is 9.94 Å². The van der Waals surface area contributed by atoms with Gasteiger partial charge in [-0.25, -0.2) is 4.98 Å². The largest absolute Gasteiger partial charge is 0.389 e. The second-order valence-corrected chi connectivity index (χ2v) is 5.43. The Bertz CT molecular complexity index is 700. The molecule has 3 N–H and O–H groups in total. The molecule has 4 unspecified atom stereocenters. The molecule has 5 nitrogen and oxygen atoms in total. The minimum absolute atomic E-state index is 0.0707. The zero-order valence-corrected chi connectivity index (χ0v) is 10.8. The van der Waals surface area contributed by atoms with Crippen LogP contribution in [0.2, 0.25) is 0 Å². The molecular formula is C15H15N3O2. The lowest BCUT2D eigenvalue weighted by Gasteiger charge is -2.14. The van der Waals surface area contributed by atoms with Gasteiger partial charge in [-0.2, -0.15) is 0 Å². The van der Waals surface area contributed by atoms with Gasteiger partial charge in [0.05, 0.1) is 23.2 Å². The van der Waals surface area contributed by atoms with Crippen LogP contribution in [0.1, 0.15) is 12.1 Å². The number of pyridine rings is 1. The summed E-state index contributed by atoms with van der Waals surface area (Å²) in [7, 11) is 0. The van der Waals surface area contributed by atoms with Crippen molar-refractivity contribution in [3.63, 3.8) is 0 Å². The predicted octanol–water partition coefficient (Wildman–Crippen LogP) is 1.05. The lowest BCUT2D eigenvalue weighted by Crippen LogP contribution is -2.34. The highest BCUT2D eigenvalue weighted by Gasteiger charge is 2.49. The second kappa shape index (κ2) is 4.26. The maximum absolute atomic E-state index is 9.91. The van der Waals surface area contributed by atoms with Crippen molar-refractivity contribution in [3.8, 4) is 0 Å². The van der Waals surface area contributed by atoms with Crippen LogP contribution in [0.15, 0.2) is 41.6 Å². The number of benzene rings is 1. The normalized spacial score (nSPS) is 32.0. The third-order valence-electron chi connectivity index (χ3n) is 4.16. The molecule has 0 amide bonds. The minimum Gasteiger partial charge on any atom is -0.389 e. The smallest absolute Gasteiger partial charge is 0.163 e. The van der Waals surface area contributed by atoms with Gasteiger partial charge < -0.3 is 15.7 Å². The van der Waals surface area contributed by atoms with Gasteiger partial charge in [0.15, 0.2) is 6.10 Å². The van der Waals surface area contributed by atoms with E-state index in [1.807, 2.05) is 36.4 Å². The number of nitrogens with two attached hydrogens (primary N) is 1. The first-order chi connectivity index (χ1) is 9.74. The van der Waals surface area contributed by atoms with E-state index in [-0.39, 0.29) is 18.1 Å². The number of aliphatic hydroxyl groups excluding tert-OH is 1. The van der Waals surface area contributed by atoms with Crippen LogP contribution in [0.3, 0.4) is 0 Å². The minimum atomic E-state index is -0.545. The van der Waals surface area contributed by atoms with Crippen molar-refractivity contribution in [2.24, 2.45) is 16.8 Å². The first-order valence-corrected chi connectivity index (χ1v) is 6.77. The molecule has 1 aliphatic carbocycles. The quantitative estimate of drug-likeness (QED) is 0.810. The van der Waals surface area contributed by atoms with Crippen LogP contribution in [-0.4, -0.2) is 34.1 Å². The van der Waals surface area contributed by atoms with Gasteiger partial charge in [0, 0.05) is 11.4 Å². The van der Waals surface area contributed by atoms with Gasteiger partial charge in [-0.3, -0.25) is 0 Å². The molecule has 1 fully saturated rings. The second-order valence-electron chi connectivity index (χ2n) is 5.43. The fraction of sp³-hybridized carbons (Fsp3) is 0.333. The number of hydrogen-bond donors (Lipinski definition) is 2. The monoisotopic (exact) mass is 269 g/mol. The van der Waals surface area contributed by atoms with E-state index in [9.17, 15) is 5.11 Å². The average molecular weight is 269 g/mol. The molecule has 2 aromatic rings. The van der Waals surface area contributed by atoms with E-state index in [2.05, 4.69) is 10.1 Å². The number of aliphatic hydroxyl groups is 1. The Kier molecular flexibility index (Phi) is 2.52. The van der Waals surface area contributed by atoms with Crippen LogP contribution >= 0.6 is 0 Å². The van der Waals surface area contributed by atoms with E-state index < -0.39 is 6.10 Å². The summed E-state index contributed by atoms with van der Waals surface area (Å²) in [6.45, 7) is 0. The Morgan fingerprint density at radius 1 is 1.20 bits per heavy atom. The Labute approximate surface area is 116 Å². The first-order valence-electron chi connectivity index (χ1n) is 6.77. The number of aromatic nitrogens is 1. The lowest BCUT2D eigenvalue weighted by molar-refractivity contribution is -0.0103. The zero-order chi connectivity index (χ0) is 13.7. The highest BCUT2D eigenvalue weighted by atomic mass is 16.7. The SMILES string of the molecule is NC1CC(O)C2ON=C(c3ccc4ccccc4n3)C12. The Hall–Kier alpha value is -1.98. The van der Waals surface area contributed by atoms with Crippen LogP contribution in [0.5, 0.6) is 0 Å².